The first kappa shape index (κ1) is 15.6. The minimum Gasteiger partial charge on any atom is -0.481 e. The van der Waals surface area contributed by atoms with Crippen molar-refractivity contribution in [2.24, 2.45) is 0 Å². The van der Waals surface area contributed by atoms with Crippen LogP contribution in [-0.2, 0) is 4.79 Å². The Labute approximate surface area is 131 Å². The average Bonchev–Trinajstić information content (AvgIpc) is 2.41. The van der Waals surface area contributed by atoms with Crippen LogP contribution in [0.2, 0.25) is 10.0 Å². The Morgan fingerprint density at radius 2 is 2.00 bits per heavy atom. The Bertz CT molecular complexity index is 664. The highest BCUT2D eigenvalue weighted by molar-refractivity contribution is 6.36. The van der Waals surface area contributed by atoms with E-state index in [0.717, 1.165) is 0 Å². The maximum atomic E-state index is 13.0. The number of carbonyl (C=O) groups excluding carboxylic acids is 1. The van der Waals surface area contributed by atoms with Gasteiger partial charge < -0.3 is 10.1 Å². The lowest BCUT2D eigenvalue weighted by Crippen LogP contribution is -2.30. The molecule has 1 atom stereocenters. The van der Waals surface area contributed by atoms with Gasteiger partial charge in [0.05, 0.1) is 10.7 Å². The molecule has 0 aliphatic heterocycles. The van der Waals surface area contributed by atoms with E-state index < -0.39 is 17.8 Å². The summed E-state index contributed by atoms with van der Waals surface area (Å²) in [6.45, 7) is 1.56. The van der Waals surface area contributed by atoms with Gasteiger partial charge in [-0.05, 0) is 37.3 Å². The third-order valence-corrected chi connectivity index (χ3v) is 3.21. The zero-order chi connectivity index (χ0) is 15.4. The quantitative estimate of drug-likeness (QED) is 0.895. The summed E-state index contributed by atoms with van der Waals surface area (Å²) in [7, 11) is 0. The summed E-state index contributed by atoms with van der Waals surface area (Å²) in [5.41, 5.74) is 0.431. The van der Waals surface area contributed by atoms with Gasteiger partial charge in [0.25, 0.3) is 5.91 Å². The third kappa shape index (κ3) is 4.34. The lowest BCUT2D eigenvalue weighted by atomic mass is 10.3. The van der Waals surface area contributed by atoms with Crippen LogP contribution < -0.4 is 10.1 Å². The summed E-state index contributed by atoms with van der Waals surface area (Å²) in [4.78, 5) is 12.0. The molecular formula is C15H12Cl2FNO2. The third-order valence-electron chi connectivity index (χ3n) is 2.67. The molecule has 1 N–H and O–H groups in total. The van der Waals surface area contributed by atoms with E-state index in [9.17, 15) is 9.18 Å². The molecule has 0 aliphatic rings. The number of benzene rings is 2. The number of hydrogen-bond donors (Lipinski definition) is 1. The Morgan fingerprint density at radius 3 is 2.67 bits per heavy atom. The fourth-order valence-corrected chi connectivity index (χ4v) is 2.08. The van der Waals surface area contributed by atoms with Crippen LogP contribution in [0.1, 0.15) is 6.92 Å². The molecule has 3 nitrogen and oxygen atoms in total. The van der Waals surface area contributed by atoms with Gasteiger partial charge in [0.1, 0.15) is 11.6 Å². The maximum Gasteiger partial charge on any atom is 0.265 e. The largest absolute Gasteiger partial charge is 0.481 e. The van der Waals surface area contributed by atoms with Crippen molar-refractivity contribution in [3.05, 3.63) is 58.3 Å². The van der Waals surface area contributed by atoms with Gasteiger partial charge in [-0.15, -0.1) is 0 Å². The van der Waals surface area contributed by atoms with Crippen molar-refractivity contribution >= 4 is 34.8 Å². The molecule has 0 fully saturated rings. The van der Waals surface area contributed by atoms with Crippen molar-refractivity contribution < 1.29 is 13.9 Å². The van der Waals surface area contributed by atoms with Crippen molar-refractivity contribution in [1.82, 2.24) is 0 Å². The minimum atomic E-state index is -0.807. The van der Waals surface area contributed by atoms with Crippen LogP contribution in [0.15, 0.2) is 42.5 Å². The first-order chi connectivity index (χ1) is 9.95. The molecule has 0 saturated carbocycles. The number of carbonyl (C=O) groups is 1. The van der Waals surface area contributed by atoms with E-state index in [1.807, 2.05) is 0 Å². The van der Waals surface area contributed by atoms with Gasteiger partial charge in [-0.3, -0.25) is 4.79 Å². The zero-order valence-electron chi connectivity index (χ0n) is 11.1. The Kier molecular flexibility index (Phi) is 5.04. The number of anilines is 1. The summed E-state index contributed by atoms with van der Waals surface area (Å²) in [5.74, 6) is -0.552. The Hall–Kier alpha value is -1.78. The normalized spacial score (nSPS) is 11.8. The molecule has 0 saturated heterocycles. The van der Waals surface area contributed by atoms with Gasteiger partial charge >= 0.3 is 0 Å². The average molecular weight is 328 g/mol. The van der Waals surface area contributed by atoms with Crippen molar-refractivity contribution in [2.75, 3.05) is 5.32 Å². The maximum absolute atomic E-state index is 13.0. The molecule has 2 rings (SSSR count). The first-order valence-corrected chi connectivity index (χ1v) is 6.89. The number of hydrogen-bond acceptors (Lipinski definition) is 2. The monoisotopic (exact) mass is 327 g/mol. The van der Waals surface area contributed by atoms with Crippen molar-refractivity contribution in [1.29, 1.82) is 0 Å². The van der Waals surface area contributed by atoms with E-state index in [1.54, 1.807) is 25.1 Å². The number of amides is 1. The van der Waals surface area contributed by atoms with E-state index >= 15 is 0 Å². The summed E-state index contributed by atoms with van der Waals surface area (Å²) < 4.78 is 18.4. The fourth-order valence-electron chi connectivity index (χ4n) is 1.62. The van der Waals surface area contributed by atoms with Crippen LogP contribution in [0.3, 0.4) is 0 Å². The fraction of sp³-hybridized carbons (Fsp3) is 0.133. The second-order valence-electron chi connectivity index (χ2n) is 4.33. The Morgan fingerprint density at radius 1 is 1.24 bits per heavy atom. The molecule has 6 heteroatoms. The van der Waals surface area contributed by atoms with E-state index in [4.69, 9.17) is 27.9 Å². The molecule has 21 heavy (non-hydrogen) atoms. The van der Waals surface area contributed by atoms with Crippen LogP contribution >= 0.6 is 23.2 Å². The van der Waals surface area contributed by atoms with Gasteiger partial charge in [0.2, 0.25) is 0 Å². The van der Waals surface area contributed by atoms with Crippen LogP contribution in [-0.4, -0.2) is 12.0 Å². The zero-order valence-corrected chi connectivity index (χ0v) is 12.6. The SMILES string of the molecule is CC(Oc1cccc(F)c1)C(=O)Nc1ccc(Cl)cc1Cl. The van der Waals surface area contributed by atoms with Gasteiger partial charge in [-0.25, -0.2) is 4.39 Å². The summed E-state index contributed by atoms with van der Waals surface area (Å²) in [6.07, 6.45) is -0.807. The van der Waals surface area contributed by atoms with Crippen molar-refractivity contribution in [3.63, 3.8) is 0 Å². The summed E-state index contributed by atoms with van der Waals surface area (Å²) in [6, 6.07) is 10.3. The standard InChI is InChI=1S/C15H12Cl2FNO2/c1-9(21-12-4-2-3-11(18)8-12)15(20)19-14-6-5-10(16)7-13(14)17/h2-9H,1H3,(H,19,20). The van der Waals surface area contributed by atoms with Gasteiger partial charge in [-0.2, -0.15) is 0 Å². The van der Waals surface area contributed by atoms with E-state index in [-0.39, 0.29) is 5.75 Å². The van der Waals surface area contributed by atoms with Crippen molar-refractivity contribution in [2.45, 2.75) is 13.0 Å². The second kappa shape index (κ2) is 6.78. The molecule has 2 aromatic rings. The molecule has 1 amide bonds. The molecule has 0 spiro atoms. The molecule has 1 unspecified atom stereocenters. The highest BCUT2D eigenvalue weighted by Crippen LogP contribution is 2.25. The molecule has 0 aromatic heterocycles. The van der Waals surface area contributed by atoms with Gasteiger partial charge in [0.15, 0.2) is 6.10 Å². The topological polar surface area (TPSA) is 38.3 Å². The van der Waals surface area contributed by atoms with Crippen molar-refractivity contribution in [3.8, 4) is 5.75 Å². The summed E-state index contributed by atoms with van der Waals surface area (Å²) in [5, 5.41) is 3.43. The molecule has 0 aliphatic carbocycles. The molecule has 0 bridgehead atoms. The number of ether oxygens (including phenoxy) is 1. The molecule has 2 aromatic carbocycles. The second-order valence-corrected chi connectivity index (χ2v) is 5.17. The van der Waals surface area contributed by atoms with Gasteiger partial charge in [-0.1, -0.05) is 29.3 Å². The lowest BCUT2D eigenvalue weighted by Gasteiger charge is -2.15. The van der Waals surface area contributed by atoms with Crippen LogP contribution in [0.25, 0.3) is 0 Å². The molecule has 0 radical (unpaired) electrons. The number of rotatable bonds is 4. The Balaban J connectivity index is 2.02. The highest BCUT2D eigenvalue weighted by Gasteiger charge is 2.16. The van der Waals surface area contributed by atoms with Gasteiger partial charge in [0, 0.05) is 11.1 Å². The first-order valence-electron chi connectivity index (χ1n) is 6.14. The van der Waals surface area contributed by atoms with Crippen LogP contribution in [0, 0.1) is 5.82 Å². The van der Waals surface area contributed by atoms with Crippen LogP contribution in [0.5, 0.6) is 5.75 Å². The summed E-state index contributed by atoms with van der Waals surface area (Å²) >= 11 is 11.8. The minimum absolute atomic E-state index is 0.278. The molecular weight excluding hydrogens is 316 g/mol. The smallest absolute Gasteiger partial charge is 0.265 e. The molecule has 110 valence electrons. The predicted octanol–water partition coefficient (Wildman–Crippen LogP) is 4.54. The highest BCUT2D eigenvalue weighted by atomic mass is 35.5. The van der Waals surface area contributed by atoms with E-state index in [1.165, 1.54) is 24.3 Å². The van der Waals surface area contributed by atoms with E-state index in [2.05, 4.69) is 5.32 Å². The van der Waals surface area contributed by atoms with Crippen LogP contribution in [0.4, 0.5) is 10.1 Å². The lowest BCUT2D eigenvalue weighted by molar-refractivity contribution is -0.122. The number of halogens is 3. The molecule has 0 heterocycles. The predicted molar refractivity (Wildman–Crippen MR) is 81.6 cm³/mol. The van der Waals surface area contributed by atoms with E-state index in [0.29, 0.717) is 15.7 Å². The number of nitrogens with one attached hydrogen (secondary N) is 1.